The van der Waals surface area contributed by atoms with Gasteiger partial charge in [0.25, 0.3) is 0 Å². The Hall–Kier alpha value is -2.38. The first-order valence-corrected chi connectivity index (χ1v) is 7.70. The van der Waals surface area contributed by atoms with Gasteiger partial charge in [-0.2, -0.15) is 0 Å². The van der Waals surface area contributed by atoms with E-state index in [2.05, 4.69) is 9.64 Å². The molecule has 24 heavy (non-hydrogen) atoms. The molecular weight excluding hydrogens is 312 g/mol. The van der Waals surface area contributed by atoms with Crippen LogP contribution in [0.5, 0.6) is 5.75 Å². The number of carbonyl (C=O) groups excluding carboxylic acids is 2. The minimum absolute atomic E-state index is 0.393. The lowest BCUT2D eigenvalue weighted by Crippen LogP contribution is -2.49. The number of esters is 1. The van der Waals surface area contributed by atoms with E-state index in [1.165, 1.54) is 13.2 Å². The Morgan fingerprint density at radius 2 is 2.12 bits per heavy atom. The summed E-state index contributed by atoms with van der Waals surface area (Å²) in [6.45, 7) is 2.94. The number of ether oxygens (including phenoxy) is 3. The van der Waals surface area contributed by atoms with Crippen molar-refractivity contribution in [1.82, 2.24) is 4.90 Å². The highest BCUT2D eigenvalue weighted by molar-refractivity contribution is 5.86. The van der Waals surface area contributed by atoms with Crippen molar-refractivity contribution in [3.05, 3.63) is 35.9 Å². The molecule has 2 rings (SSSR count). The van der Waals surface area contributed by atoms with Gasteiger partial charge in [0.05, 0.1) is 13.7 Å². The fourth-order valence-electron chi connectivity index (χ4n) is 2.28. The molecule has 0 aliphatic carbocycles. The van der Waals surface area contributed by atoms with Gasteiger partial charge in [-0.05, 0) is 23.8 Å². The van der Waals surface area contributed by atoms with E-state index in [4.69, 9.17) is 15.2 Å². The normalized spacial score (nSPS) is 18.5. The lowest BCUT2D eigenvalue weighted by Gasteiger charge is -2.31. The Balaban J connectivity index is 1.75. The van der Waals surface area contributed by atoms with Gasteiger partial charge in [-0.3, -0.25) is 9.69 Å². The first-order valence-electron chi connectivity index (χ1n) is 7.70. The third-order valence-corrected chi connectivity index (χ3v) is 3.64. The average Bonchev–Trinajstić information content (AvgIpc) is 2.61. The maximum atomic E-state index is 11.1. The van der Waals surface area contributed by atoms with Gasteiger partial charge < -0.3 is 19.9 Å². The van der Waals surface area contributed by atoms with Crippen LogP contribution in [-0.4, -0.2) is 62.8 Å². The second-order valence-electron chi connectivity index (χ2n) is 5.34. The van der Waals surface area contributed by atoms with Crippen LogP contribution in [0.15, 0.2) is 30.3 Å². The van der Waals surface area contributed by atoms with E-state index >= 15 is 0 Å². The van der Waals surface area contributed by atoms with E-state index in [1.54, 1.807) is 6.08 Å². The zero-order valence-electron chi connectivity index (χ0n) is 13.6. The summed E-state index contributed by atoms with van der Waals surface area (Å²) in [5.74, 6) is -0.0868. The van der Waals surface area contributed by atoms with Crippen molar-refractivity contribution in [3.8, 4) is 5.75 Å². The molecule has 1 amide bonds. The minimum atomic E-state index is -0.542. The highest BCUT2D eigenvalue weighted by Gasteiger charge is 2.24. The number of rotatable bonds is 7. The Labute approximate surface area is 141 Å². The number of nitrogens with two attached hydrogens (primary N) is 1. The van der Waals surface area contributed by atoms with Gasteiger partial charge in [0.1, 0.15) is 18.5 Å². The minimum Gasteiger partial charge on any atom is -0.492 e. The van der Waals surface area contributed by atoms with E-state index in [-0.39, 0.29) is 0 Å². The fraction of sp³-hybridized carbons (Fsp3) is 0.412. The summed E-state index contributed by atoms with van der Waals surface area (Å²) in [5.41, 5.74) is 6.14. The van der Waals surface area contributed by atoms with Crippen LogP contribution >= 0.6 is 0 Å². The summed E-state index contributed by atoms with van der Waals surface area (Å²) in [7, 11) is 1.34. The molecule has 1 aliphatic heterocycles. The maximum Gasteiger partial charge on any atom is 0.330 e. The Morgan fingerprint density at radius 1 is 1.38 bits per heavy atom. The molecule has 1 saturated heterocycles. The number of benzene rings is 1. The molecule has 1 aromatic rings. The Kier molecular flexibility index (Phi) is 6.77. The van der Waals surface area contributed by atoms with E-state index in [0.29, 0.717) is 26.3 Å². The van der Waals surface area contributed by atoms with E-state index < -0.39 is 18.0 Å². The summed E-state index contributed by atoms with van der Waals surface area (Å²) in [6.07, 6.45) is 2.50. The third-order valence-electron chi connectivity index (χ3n) is 3.64. The van der Waals surface area contributed by atoms with Gasteiger partial charge in [-0.25, -0.2) is 4.79 Å². The third kappa shape index (κ3) is 5.68. The molecule has 130 valence electrons. The molecule has 0 aromatic heterocycles. The maximum absolute atomic E-state index is 11.1. The number of carbonyl (C=O) groups is 2. The second kappa shape index (κ2) is 9.05. The number of morpholine rings is 1. The smallest absolute Gasteiger partial charge is 0.330 e. The van der Waals surface area contributed by atoms with Crippen molar-refractivity contribution in [2.24, 2.45) is 5.73 Å². The van der Waals surface area contributed by atoms with Gasteiger partial charge in [-0.1, -0.05) is 12.1 Å². The molecule has 1 heterocycles. The predicted molar refractivity (Wildman–Crippen MR) is 88.4 cm³/mol. The van der Waals surface area contributed by atoms with Crippen LogP contribution in [0.1, 0.15) is 5.56 Å². The van der Waals surface area contributed by atoms with E-state index in [1.807, 2.05) is 24.3 Å². The molecule has 2 N–H and O–H groups in total. The van der Waals surface area contributed by atoms with Crippen LogP contribution < -0.4 is 10.5 Å². The molecular formula is C17H22N2O5. The van der Waals surface area contributed by atoms with Gasteiger partial charge in [0, 0.05) is 25.7 Å². The summed E-state index contributed by atoms with van der Waals surface area (Å²) < 4.78 is 15.5. The Morgan fingerprint density at radius 3 is 2.79 bits per heavy atom. The van der Waals surface area contributed by atoms with Crippen LogP contribution in [-0.2, 0) is 19.1 Å². The van der Waals surface area contributed by atoms with Crippen molar-refractivity contribution in [2.45, 2.75) is 6.10 Å². The molecule has 7 heteroatoms. The van der Waals surface area contributed by atoms with Gasteiger partial charge in [0.15, 0.2) is 0 Å². The summed E-state index contributed by atoms with van der Waals surface area (Å²) in [4.78, 5) is 24.3. The average molecular weight is 334 g/mol. The molecule has 1 unspecified atom stereocenters. The van der Waals surface area contributed by atoms with Gasteiger partial charge >= 0.3 is 5.97 Å². The second-order valence-corrected chi connectivity index (χ2v) is 5.34. The monoisotopic (exact) mass is 334 g/mol. The molecule has 0 radical (unpaired) electrons. The molecule has 0 saturated carbocycles. The molecule has 7 nitrogen and oxygen atoms in total. The number of methoxy groups -OCH3 is 1. The molecule has 1 aromatic carbocycles. The number of hydrogen-bond donors (Lipinski definition) is 1. The molecule has 1 atom stereocenters. The Bertz CT molecular complexity index is 585. The van der Waals surface area contributed by atoms with Crippen LogP contribution in [0.2, 0.25) is 0 Å². The quantitative estimate of drug-likeness (QED) is 0.575. The van der Waals surface area contributed by atoms with Crippen LogP contribution in [0.4, 0.5) is 0 Å². The predicted octanol–water partition coefficient (Wildman–Crippen LogP) is 0.438. The summed E-state index contributed by atoms with van der Waals surface area (Å²) in [6, 6.07) is 7.38. The first kappa shape index (κ1) is 18.0. The van der Waals surface area contributed by atoms with Crippen molar-refractivity contribution in [2.75, 3.05) is 40.0 Å². The SMILES string of the molecule is COC(=O)/C=C/c1ccc(OCCN2CCOC(C(N)=O)C2)cc1. The number of amides is 1. The lowest BCUT2D eigenvalue weighted by atomic mass is 10.2. The van der Waals surface area contributed by atoms with Crippen molar-refractivity contribution in [3.63, 3.8) is 0 Å². The van der Waals surface area contributed by atoms with Crippen LogP contribution in [0.25, 0.3) is 6.08 Å². The number of primary amides is 1. The zero-order chi connectivity index (χ0) is 17.4. The number of nitrogens with zero attached hydrogens (tertiary/aromatic N) is 1. The van der Waals surface area contributed by atoms with Crippen molar-refractivity contribution >= 4 is 18.0 Å². The van der Waals surface area contributed by atoms with E-state index in [0.717, 1.165) is 17.9 Å². The molecule has 0 spiro atoms. The van der Waals surface area contributed by atoms with E-state index in [9.17, 15) is 9.59 Å². The van der Waals surface area contributed by atoms with Crippen LogP contribution in [0.3, 0.4) is 0 Å². The largest absolute Gasteiger partial charge is 0.492 e. The fourth-order valence-corrected chi connectivity index (χ4v) is 2.28. The zero-order valence-corrected chi connectivity index (χ0v) is 13.6. The first-order chi connectivity index (χ1) is 11.6. The molecule has 1 aliphatic rings. The number of hydrogen-bond acceptors (Lipinski definition) is 6. The van der Waals surface area contributed by atoms with Crippen LogP contribution in [0, 0.1) is 0 Å². The van der Waals surface area contributed by atoms with Gasteiger partial charge in [-0.15, -0.1) is 0 Å². The highest BCUT2D eigenvalue weighted by Crippen LogP contribution is 2.13. The van der Waals surface area contributed by atoms with Crippen molar-refractivity contribution in [1.29, 1.82) is 0 Å². The molecule has 1 fully saturated rings. The standard InChI is InChI=1S/C17H22N2O5/c1-22-16(20)7-4-13-2-5-14(6-3-13)23-10-8-19-9-11-24-15(12-19)17(18)21/h2-7,15H,8-12H2,1H3,(H2,18,21)/b7-4+. The molecule has 0 bridgehead atoms. The lowest BCUT2D eigenvalue weighted by molar-refractivity contribution is -0.135. The van der Waals surface area contributed by atoms with Gasteiger partial charge in [0.2, 0.25) is 5.91 Å². The highest BCUT2D eigenvalue weighted by atomic mass is 16.5. The summed E-state index contributed by atoms with van der Waals surface area (Å²) >= 11 is 0. The summed E-state index contributed by atoms with van der Waals surface area (Å²) in [5, 5.41) is 0. The van der Waals surface area contributed by atoms with Crippen molar-refractivity contribution < 1.29 is 23.8 Å². The topological polar surface area (TPSA) is 91.1 Å².